The Hall–Kier alpha value is -1.51. The summed E-state index contributed by atoms with van der Waals surface area (Å²) in [7, 11) is -3.06. The summed E-state index contributed by atoms with van der Waals surface area (Å²) < 4.78 is 32.2. The third kappa shape index (κ3) is 5.69. The Morgan fingerprint density at radius 2 is 1.69 bits per heavy atom. The van der Waals surface area contributed by atoms with E-state index in [0.29, 0.717) is 43.2 Å². The average Bonchev–Trinajstić information content (AvgIpc) is 2.77. The predicted molar refractivity (Wildman–Crippen MR) is 127 cm³/mol. The zero-order chi connectivity index (χ0) is 22.6. The van der Waals surface area contributed by atoms with E-state index < -0.39 is 10.0 Å². The maximum Gasteiger partial charge on any atom is 0.225 e. The van der Waals surface area contributed by atoms with Gasteiger partial charge in [0.2, 0.25) is 16.0 Å². The molecule has 0 aromatic carbocycles. The van der Waals surface area contributed by atoms with E-state index in [1.807, 2.05) is 26.2 Å². The fraction of sp³-hybridized carbons (Fsp3) is 0.750. The number of hydrogen-bond donors (Lipinski definition) is 0. The van der Waals surface area contributed by atoms with Crippen LogP contribution >= 0.6 is 0 Å². The van der Waals surface area contributed by atoms with Crippen LogP contribution in [-0.2, 0) is 14.8 Å². The Morgan fingerprint density at radius 3 is 2.28 bits per heavy atom. The Labute approximate surface area is 193 Å². The van der Waals surface area contributed by atoms with Gasteiger partial charge in [-0.1, -0.05) is 19.1 Å². The van der Waals surface area contributed by atoms with Crippen LogP contribution in [0.2, 0.25) is 0 Å². The fourth-order valence-corrected chi connectivity index (χ4v) is 6.76. The third-order valence-electron chi connectivity index (χ3n) is 7.30. The third-order valence-corrected chi connectivity index (χ3v) is 9.38. The van der Waals surface area contributed by atoms with Gasteiger partial charge in [0.25, 0.3) is 0 Å². The molecule has 178 valence electrons. The molecule has 8 heteroatoms. The van der Waals surface area contributed by atoms with Crippen LogP contribution in [0.4, 0.5) is 5.95 Å². The number of nitrogens with zero attached hydrogens (tertiary/aromatic N) is 4. The van der Waals surface area contributed by atoms with Crippen molar-refractivity contribution in [2.45, 2.75) is 46.0 Å². The number of anilines is 1. The fourth-order valence-electron chi connectivity index (χ4n) is 5.22. The molecule has 0 unspecified atom stereocenters. The van der Waals surface area contributed by atoms with Gasteiger partial charge in [-0.2, -0.15) is 0 Å². The maximum atomic E-state index is 12.2. The van der Waals surface area contributed by atoms with Gasteiger partial charge >= 0.3 is 0 Å². The quantitative estimate of drug-likeness (QED) is 0.524. The summed E-state index contributed by atoms with van der Waals surface area (Å²) >= 11 is 0. The van der Waals surface area contributed by atoms with Crippen molar-refractivity contribution in [3.05, 3.63) is 30.1 Å². The van der Waals surface area contributed by atoms with Gasteiger partial charge in [-0.05, 0) is 62.3 Å². The van der Waals surface area contributed by atoms with Crippen molar-refractivity contribution in [2.24, 2.45) is 23.7 Å². The number of ether oxygens (including phenoxy) is 1. The van der Waals surface area contributed by atoms with Crippen LogP contribution in [0.25, 0.3) is 0 Å². The molecule has 3 aliphatic rings. The molecule has 3 heterocycles. The van der Waals surface area contributed by atoms with Gasteiger partial charge in [-0.15, -0.1) is 0 Å². The van der Waals surface area contributed by atoms with E-state index in [-0.39, 0.29) is 5.75 Å². The molecule has 0 N–H and O–H groups in total. The highest BCUT2D eigenvalue weighted by atomic mass is 32.2. The smallest absolute Gasteiger partial charge is 0.225 e. The number of rotatable bonds is 9. The van der Waals surface area contributed by atoms with Gasteiger partial charge in [0, 0.05) is 51.1 Å². The van der Waals surface area contributed by atoms with Crippen molar-refractivity contribution in [3.8, 4) is 0 Å². The topological polar surface area (TPSA) is 75.6 Å². The van der Waals surface area contributed by atoms with Crippen LogP contribution in [0.3, 0.4) is 0 Å². The molecule has 1 aromatic heterocycles. The minimum atomic E-state index is -3.06. The first-order chi connectivity index (χ1) is 15.5. The van der Waals surface area contributed by atoms with Gasteiger partial charge in [-0.25, -0.2) is 22.7 Å². The van der Waals surface area contributed by atoms with E-state index in [4.69, 9.17) is 4.74 Å². The summed E-state index contributed by atoms with van der Waals surface area (Å²) in [6, 6.07) is 0. The molecule has 0 bridgehead atoms. The number of aryl methyl sites for hydroxylation is 1. The van der Waals surface area contributed by atoms with Crippen LogP contribution in [0.1, 0.15) is 44.6 Å². The minimum absolute atomic E-state index is 0.264. The van der Waals surface area contributed by atoms with Crippen LogP contribution in [0, 0.1) is 30.6 Å². The molecule has 32 heavy (non-hydrogen) atoms. The van der Waals surface area contributed by atoms with E-state index in [9.17, 15) is 8.42 Å². The van der Waals surface area contributed by atoms with Gasteiger partial charge < -0.3 is 9.64 Å². The number of hydrogen-bond acceptors (Lipinski definition) is 6. The van der Waals surface area contributed by atoms with E-state index in [1.165, 1.54) is 12.8 Å². The zero-order valence-corrected chi connectivity index (χ0v) is 20.3. The molecular weight excluding hydrogens is 424 g/mol. The number of aromatic nitrogens is 2. The van der Waals surface area contributed by atoms with E-state index in [0.717, 1.165) is 50.7 Å². The highest BCUT2D eigenvalue weighted by Gasteiger charge is 2.35. The summed E-state index contributed by atoms with van der Waals surface area (Å²) in [6.45, 7) is 8.80. The molecule has 2 fully saturated rings. The first-order valence-corrected chi connectivity index (χ1v) is 13.8. The van der Waals surface area contributed by atoms with Crippen molar-refractivity contribution in [2.75, 3.05) is 50.0 Å². The standard InChI is InChI=1S/C24H38N4O3S/c1-3-14-32(29,30)28-12-6-20(7-13-28)17-31-18-22-4-5-23(22)21-8-10-27(11-9-21)24-25-15-19(2)16-26-24/h4-5,15-16,20-23H,3,6-14,17-18H2,1-2H3/t22-,23+/m0/s1. The lowest BCUT2D eigenvalue weighted by Gasteiger charge is -2.41. The first kappa shape index (κ1) is 23.6. The molecule has 0 radical (unpaired) electrons. The molecule has 1 aromatic rings. The molecule has 0 amide bonds. The second-order valence-electron chi connectivity index (χ2n) is 9.71. The van der Waals surface area contributed by atoms with Crippen molar-refractivity contribution >= 4 is 16.0 Å². The molecule has 2 saturated heterocycles. The summed E-state index contributed by atoms with van der Waals surface area (Å²) in [4.78, 5) is 11.3. The molecular formula is C24H38N4O3S. The summed E-state index contributed by atoms with van der Waals surface area (Å²) in [5, 5.41) is 0. The van der Waals surface area contributed by atoms with Gasteiger partial charge in [0.1, 0.15) is 0 Å². The Bertz CT molecular complexity index is 858. The van der Waals surface area contributed by atoms with E-state index >= 15 is 0 Å². The van der Waals surface area contributed by atoms with Crippen LogP contribution in [0.15, 0.2) is 24.5 Å². The van der Waals surface area contributed by atoms with E-state index in [2.05, 4.69) is 27.0 Å². The molecule has 1 aliphatic carbocycles. The second-order valence-corrected chi connectivity index (χ2v) is 11.8. The normalized spacial score (nSPS) is 25.8. The van der Waals surface area contributed by atoms with Gasteiger partial charge in [0.15, 0.2) is 0 Å². The minimum Gasteiger partial charge on any atom is -0.381 e. The molecule has 2 atom stereocenters. The van der Waals surface area contributed by atoms with Crippen molar-refractivity contribution < 1.29 is 13.2 Å². The Morgan fingerprint density at radius 1 is 1.00 bits per heavy atom. The molecule has 7 nitrogen and oxygen atoms in total. The summed E-state index contributed by atoms with van der Waals surface area (Å²) in [5.41, 5.74) is 1.10. The van der Waals surface area contributed by atoms with Gasteiger partial charge in [-0.3, -0.25) is 0 Å². The number of piperidine rings is 2. The summed E-state index contributed by atoms with van der Waals surface area (Å²) in [6.07, 6.45) is 13.3. The predicted octanol–water partition coefficient (Wildman–Crippen LogP) is 3.27. The summed E-state index contributed by atoms with van der Waals surface area (Å²) in [5.74, 6) is 3.45. The monoisotopic (exact) mass is 462 g/mol. The Balaban J connectivity index is 1.15. The average molecular weight is 463 g/mol. The molecule has 0 saturated carbocycles. The van der Waals surface area contributed by atoms with Crippen LogP contribution < -0.4 is 4.90 Å². The highest BCUT2D eigenvalue weighted by Crippen LogP contribution is 2.38. The van der Waals surface area contributed by atoms with Crippen molar-refractivity contribution in [1.82, 2.24) is 14.3 Å². The Kier molecular flexibility index (Phi) is 7.84. The first-order valence-electron chi connectivity index (χ1n) is 12.2. The molecule has 2 aliphatic heterocycles. The molecule has 0 spiro atoms. The number of sulfonamides is 1. The van der Waals surface area contributed by atoms with Gasteiger partial charge in [0.05, 0.1) is 12.4 Å². The van der Waals surface area contributed by atoms with Crippen LogP contribution in [-0.4, -0.2) is 67.8 Å². The van der Waals surface area contributed by atoms with Crippen LogP contribution in [0.5, 0.6) is 0 Å². The maximum absolute atomic E-state index is 12.2. The highest BCUT2D eigenvalue weighted by molar-refractivity contribution is 7.89. The lowest BCUT2D eigenvalue weighted by molar-refractivity contribution is 0.0434. The zero-order valence-electron chi connectivity index (χ0n) is 19.5. The van der Waals surface area contributed by atoms with Crippen molar-refractivity contribution in [3.63, 3.8) is 0 Å². The lowest BCUT2D eigenvalue weighted by atomic mass is 9.71. The van der Waals surface area contributed by atoms with Crippen molar-refractivity contribution in [1.29, 1.82) is 0 Å². The lowest BCUT2D eigenvalue weighted by Crippen LogP contribution is -2.41. The second kappa shape index (κ2) is 10.6. The molecule has 4 rings (SSSR count). The number of allylic oxidation sites excluding steroid dienone is 1. The van der Waals surface area contributed by atoms with E-state index in [1.54, 1.807) is 4.31 Å². The SMILES string of the molecule is CCCS(=O)(=O)N1CCC(COC[C@@H]2C=C[C@@H]2C2CCN(c3ncc(C)cn3)CC2)CC1. The largest absolute Gasteiger partial charge is 0.381 e.